The highest BCUT2D eigenvalue weighted by Gasteiger charge is 2.20. The Bertz CT molecular complexity index is 256. The van der Waals surface area contributed by atoms with Crippen LogP contribution in [0, 0.1) is 0 Å². The lowest BCUT2D eigenvalue weighted by Gasteiger charge is -2.12. The summed E-state index contributed by atoms with van der Waals surface area (Å²) in [6.07, 6.45) is 5.89. The third-order valence-electron chi connectivity index (χ3n) is 2.40. The van der Waals surface area contributed by atoms with Gasteiger partial charge in [0.1, 0.15) is 5.76 Å². The lowest BCUT2D eigenvalue weighted by molar-refractivity contribution is 0.439. The van der Waals surface area contributed by atoms with Crippen LogP contribution in [0.1, 0.15) is 25.5 Å². The smallest absolute Gasteiger partial charge is 0.180 e. The van der Waals surface area contributed by atoms with Gasteiger partial charge in [0.15, 0.2) is 6.39 Å². The van der Waals surface area contributed by atoms with Crippen molar-refractivity contribution >= 4 is 0 Å². The highest BCUT2D eigenvalue weighted by Crippen LogP contribution is 2.18. The molecule has 1 aliphatic carbocycles. The Hall–Kier alpha value is -0.870. The molecule has 1 aromatic rings. The minimum atomic E-state index is 0.473. The molecule has 14 heavy (non-hydrogen) atoms. The van der Waals surface area contributed by atoms with Gasteiger partial charge in [0.2, 0.25) is 0 Å². The molecule has 0 saturated heterocycles. The average Bonchev–Trinajstić information content (AvgIpc) is 2.87. The first-order valence-electron chi connectivity index (χ1n) is 5.19. The van der Waals surface area contributed by atoms with Gasteiger partial charge in [-0.05, 0) is 19.8 Å². The van der Waals surface area contributed by atoms with Crippen molar-refractivity contribution in [3.63, 3.8) is 0 Å². The second-order valence-electron chi connectivity index (χ2n) is 3.93. The van der Waals surface area contributed by atoms with Gasteiger partial charge in [0, 0.05) is 18.6 Å². The van der Waals surface area contributed by atoms with Crippen molar-refractivity contribution in [1.29, 1.82) is 0 Å². The maximum absolute atomic E-state index is 5.13. The van der Waals surface area contributed by atoms with Crippen LogP contribution in [-0.4, -0.2) is 23.6 Å². The minimum absolute atomic E-state index is 0.473. The summed E-state index contributed by atoms with van der Waals surface area (Å²) in [6, 6.07) is 1.25. The Kier molecular flexibility index (Phi) is 3.16. The molecule has 0 spiro atoms. The fourth-order valence-corrected chi connectivity index (χ4v) is 1.31. The summed E-state index contributed by atoms with van der Waals surface area (Å²) < 4.78 is 5.13. The normalized spacial score (nSPS) is 18.4. The third-order valence-corrected chi connectivity index (χ3v) is 2.40. The van der Waals surface area contributed by atoms with Crippen LogP contribution < -0.4 is 10.6 Å². The average molecular weight is 195 g/mol. The van der Waals surface area contributed by atoms with Gasteiger partial charge >= 0.3 is 0 Å². The van der Waals surface area contributed by atoms with Gasteiger partial charge < -0.3 is 15.1 Å². The zero-order chi connectivity index (χ0) is 9.80. The lowest BCUT2D eigenvalue weighted by Crippen LogP contribution is -2.36. The van der Waals surface area contributed by atoms with Crippen LogP contribution in [0.2, 0.25) is 0 Å². The van der Waals surface area contributed by atoms with E-state index in [1.165, 1.54) is 19.2 Å². The largest absolute Gasteiger partial charge is 0.447 e. The maximum Gasteiger partial charge on any atom is 0.180 e. The Labute approximate surface area is 84.1 Å². The van der Waals surface area contributed by atoms with E-state index in [0.29, 0.717) is 6.04 Å². The van der Waals surface area contributed by atoms with Crippen LogP contribution in [0.5, 0.6) is 0 Å². The summed E-state index contributed by atoms with van der Waals surface area (Å²) in [6.45, 7) is 3.96. The summed E-state index contributed by atoms with van der Waals surface area (Å²) in [7, 11) is 0. The van der Waals surface area contributed by atoms with Gasteiger partial charge in [-0.1, -0.05) is 0 Å². The molecule has 1 saturated carbocycles. The minimum Gasteiger partial charge on any atom is -0.447 e. The molecule has 0 amide bonds. The molecule has 1 aliphatic rings. The molecule has 2 rings (SSSR count). The van der Waals surface area contributed by atoms with Crippen LogP contribution in [0.25, 0.3) is 0 Å². The Morgan fingerprint density at radius 3 is 3.14 bits per heavy atom. The quantitative estimate of drug-likeness (QED) is 0.708. The highest BCUT2D eigenvalue weighted by atomic mass is 16.3. The molecule has 1 aromatic heterocycles. The molecule has 0 aromatic carbocycles. The molecule has 2 N–H and O–H groups in total. The van der Waals surface area contributed by atoms with Crippen LogP contribution in [0.15, 0.2) is 17.0 Å². The SMILES string of the molecule is CC(CNC1CC1)NCc1cnco1. The van der Waals surface area contributed by atoms with Crippen LogP contribution in [0.3, 0.4) is 0 Å². The van der Waals surface area contributed by atoms with Crippen molar-refractivity contribution in [3.05, 3.63) is 18.4 Å². The first kappa shape index (κ1) is 9.68. The Balaban J connectivity index is 1.59. The monoisotopic (exact) mass is 195 g/mol. The topological polar surface area (TPSA) is 50.1 Å². The van der Waals surface area contributed by atoms with Crippen molar-refractivity contribution < 1.29 is 4.42 Å². The van der Waals surface area contributed by atoms with E-state index in [4.69, 9.17) is 4.42 Å². The molecule has 1 atom stereocenters. The molecule has 1 unspecified atom stereocenters. The van der Waals surface area contributed by atoms with Gasteiger partial charge in [-0.2, -0.15) is 0 Å². The van der Waals surface area contributed by atoms with E-state index in [2.05, 4.69) is 22.5 Å². The van der Waals surface area contributed by atoms with Crippen molar-refractivity contribution in [3.8, 4) is 0 Å². The second kappa shape index (κ2) is 4.57. The summed E-state index contributed by atoms with van der Waals surface area (Å²) in [5, 5.41) is 6.85. The van der Waals surface area contributed by atoms with E-state index in [9.17, 15) is 0 Å². The van der Waals surface area contributed by atoms with E-state index >= 15 is 0 Å². The van der Waals surface area contributed by atoms with Crippen molar-refractivity contribution in [2.75, 3.05) is 6.54 Å². The molecular weight excluding hydrogens is 178 g/mol. The van der Waals surface area contributed by atoms with Crippen LogP contribution in [0.4, 0.5) is 0 Å². The predicted octanol–water partition coefficient (Wildman–Crippen LogP) is 0.905. The number of aromatic nitrogens is 1. The predicted molar refractivity (Wildman–Crippen MR) is 53.8 cm³/mol. The summed E-state index contributed by atoms with van der Waals surface area (Å²) in [5.41, 5.74) is 0. The molecule has 1 fully saturated rings. The lowest BCUT2D eigenvalue weighted by atomic mass is 10.3. The number of hydrogen-bond acceptors (Lipinski definition) is 4. The van der Waals surface area contributed by atoms with Crippen molar-refractivity contribution in [2.45, 2.75) is 38.4 Å². The van der Waals surface area contributed by atoms with Gasteiger partial charge in [-0.3, -0.25) is 0 Å². The first-order valence-corrected chi connectivity index (χ1v) is 5.19. The number of rotatable bonds is 6. The molecular formula is C10H17N3O. The van der Waals surface area contributed by atoms with Crippen LogP contribution in [-0.2, 0) is 6.54 Å². The fourth-order valence-electron chi connectivity index (χ4n) is 1.31. The van der Waals surface area contributed by atoms with Gasteiger partial charge in [0.25, 0.3) is 0 Å². The first-order chi connectivity index (χ1) is 6.84. The van der Waals surface area contributed by atoms with Gasteiger partial charge in [-0.25, -0.2) is 4.98 Å². The van der Waals surface area contributed by atoms with E-state index in [1.54, 1.807) is 6.20 Å². The third kappa shape index (κ3) is 3.12. The standard InChI is InChI=1S/C10H17N3O/c1-8(4-13-9-2-3-9)12-6-10-5-11-7-14-10/h5,7-9,12-13H,2-4,6H2,1H3. The Morgan fingerprint density at radius 1 is 1.64 bits per heavy atom. The molecule has 4 heteroatoms. The molecule has 0 radical (unpaired) electrons. The number of hydrogen-bond donors (Lipinski definition) is 2. The molecule has 1 heterocycles. The van der Waals surface area contributed by atoms with Gasteiger partial charge in [0.05, 0.1) is 12.7 Å². The van der Waals surface area contributed by atoms with Crippen molar-refractivity contribution in [2.24, 2.45) is 0 Å². The summed E-state index contributed by atoms with van der Waals surface area (Å²) >= 11 is 0. The molecule has 78 valence electrons. The molecule has 0 aliphatic heterocycles. The van der Waals surface area contributed by atoms with Gasteiger partial charge in [-0.15, -0.1) is 0 Å². The maximum atomic E-state index is 5.13. The van der Waals surface area contributed by atoms with E-state index in [1.807, 2.05) is 0 Å². The van der Waals surface area contributed by atoms with E-state index < -0.39 is 0 Å². The fraction of sp³-hybridized carbons (Fsp3) is 0.700. The zero-order valence-electron chi connectivity index (χ0n) is 8.49. The number of nitrogens with one attached hydrogen (secondary N) is 2. The van der Waals surface area contributed by atoms with Crippen molar-refractivity contribution in [1.82, 2.24) is 15.6 Å². The highest BCUT2D eigenvalue weighted by molar-refractivity contribution is 4.88. The molecule has 0 bridgehead atoms. The zero-order valence-corrected chi connectivity index (χ0v) is 8.49. The van der Waals surface area contributed by atoms with E-state index in [-0.39, 0.29) is 0 Å². The Morgan fingerprint density at radius 2 is 2.50 bits per heavy atom. The van der Waals surface area contributed by atoms with Crippen LogP contribution >= 0.6 is 0 Å². The van der Waals surface area contributed by atoms with E-state index in [0.717, 1.165) is 24.9 Å². The molecule has 4 nitrogen and oxygen atoms in total. The second-order valence-corrected chi connectivity index (χ2v) is 3.93. The summed E-state index contributed by atoms with van der Waals surface area (Å²) in [4.78, 5) is 3.86. The number of nitrogens with zero attached hydrogens (tertiary/aromatic N) is 1. The summed E-state index contributed by atoms with van der Waals surface area (Å²) in [5.74, 6) is 0.892. The number of oxazole rings is 1.